The molecule has 3 N–H and O–H groups in total. The molecule has 128 valence electrons. The Kier molecular flexibility index (Phi) is 9.21. The highest BCUT2D eigenvalue weighted by molar-refractivity contribution is 5.85. The zero-order chi connectivity index (χ0) is 17.2. The van der Waals surface area contributed by atoms with E-state index in [4.69, 9.17) is 4.74 Å². The summed E-state index contributed by atoms with van der Waals surface area (Å²) in [5.41, 5.74) is -0.279. The van der Waals surface area contributed by atoms with Crippen molar-refractivity contribution in [2.75, 3.05) is 19.6 Å². The van der Waals surface area contributed by atoms with Gasteiger partial charge in [0.05, 0.1) is 12.5 Å². The van der Waals surface area contributed by atoms with Gasteiger partial charge in [0, 0.05) is 18.6 Å². The maximum atomic E-state index is 11.7. The van der Waals surface area contributed by atoms with Gasteiger partial charge in [0.25, 0.3) is 0 Å². The molecule has 0 aliphatic heterocycles. The number of hydrogen-bond donors (Lipinski definition) is 3. The molecular formula is C15H30N4O3. The molecule has 0 saturated carbocycles. The molecule has 0 aromatic rings. The van der Waals surface area contributed by atoms with Crippen LogP contribution in [0, 0.1) is 0 Å². The Balaban J connectivity index is 4.27. The molecule has 1 amide bonds. The van der Waals surface area contributed by atoms with Gasteiger partial charge in [-0.15, -0.1) is 0 Å². The van der Waals surface area contributed by atoms with Crippen LogP contribution >= 0.6 is 0 Å². The molecule has 0 radical (unpaired) electrons. The first-order valence-electron chi connectivity index (χ1n) is 7.66. The molecule has 0 unspecified atom stereocenters. The van der Waals surface area contributed by atoms with Crippen molar-refractivity contribution in [2.45, 2.75) is 59.6 Å². The van der Waals surface area contributed by atoms with Crippen molar-refractivity contribution < 1.29 is 14.3 Å². The van der Waals surface area contributed by atoms with E-state index in [2.05, 4.69) is 20.9 Å². The third-order valence-electron chi connectivity index (χ3n) is 2.23. The fourth-order valence-corrected chi connectivity index (χ4v) is 1.56. The van der Waals surface area contributed by atoms with E-state index in [1.54, 1.807) is 0 Å². The average Bonchev–Trinajstić information content (AvgIpc) is 2.32. The lowest BCUT2D eigenvalue weighted by molar-refractivity contribution is -0.147. The Morgan fingerprint density at radius 2 is 1.82 bits per heavy atom. The maximum absolute atomic E-state index is 11.7. The molecule has 22 heavy (non-hydrogen) atoms. The Hall–Kier alpha value is -1.79. The Morgan fingerprint density at radius 3 is 2.32 bits per heavy atom. The lowest BCUT2D eigenvalue weighted by atomic mass is 10.1. The van der Waals surface area contributed by atoms with E-state index in [9.17, 15) is 9.59 Å². The molecule has 7 heteroatoms. The average molecular weight is 314 g/mol. The fourth-order valence-electron chi connectivity index (χ4n) is 1.56. The van der Waals surface area contributed by atoms with Crippen molar-refractivity contribution in [3.05, 3.63) is 0 Å². The summed E-state index contributed by atoms with van der Waals surface area (Å²) in [4.78, 5) is 27.3. The summed E-state index contributed by atoms with van der Waals surface area (Å²) >= 11 is 0. The summed E-state index contributed by atoms with van der Waals surface area (Å²) in [5.74, 6) is 0.0941. The van der Waals surface area contributed by atoms with Crippen LogP contribution in [0.2, 0.25) is 0 Å². The summed E-state index contributed by atoms with van der Waals surface area (Å²) in [6, 6.07) is 0. The number of amides is 1. The zero-order valence-electron chi connectivity index (χ0n) is 14.6. The normalized spacial score (nSPS) is 12.0. The van der Waals surface area contributed by atoms with Crippen LogP contribution in [-0.4, -0.2) is 49.1 Å². The standard InChI is InChI=1S/C15H30N4O3/c1-7-16-14(17-9-8-13(21)22-11(2)3)18-10-12(20)19-15(4,5)6/h11H,7-10H2,1-6H3,(H,19,20)(H2,16,17,18). The van der Waals surface area contributed by atoms with Crippen molar-refractivity contribution in [2.24, 2.45) is 4.99 Å². The molecule has 0 heterocycles. The highest BCUT2D eigenvalue weighted by atomic mass is 16.5. The Bertz CT molecular complexity index is 387. The predicted molar refractivity (Wildman–Crippen MR) is 87.7 cm³/mol. The SMILES string of the molecule is CCNC(=NCC(=O)NC(C)(C)C)NCCC(=O)OC(C)C. The van der Waals surface area contributed by atoms with Gasteiger partial charge in [-0.05, 0) is 41.5 Å². The second-order valence-corrected chi connectivity index (χ2v) is 6.21. The van der Waals surface area contributed by atoms with Gasteiger partial charge < -0.3 is 20.7 Å². The van der Waals surface area contributed by atoms with Crippen molar-refractivity contribution in [3.63, 3.8) is 0 Å². The monoisotopic (exact) mass is 314 g/mol. The third-order valence-corrected chi connectivity index (χ3v) is 2.23. The number of nitrogens with zero attached hydrogens (tertiary/aromatic N) is 1. The van der Waals surface area contributed by atoms with E-state index in [1.807, 2.05) is 41.5 Å². The third kappa shape index (κ3) is 12.0. The summed E-state index contributed by atoms with van der Waals surface area (Å²) < 4.78 is 5.04. The number of nitrogens with one attached hydrogen (secondary N) is 3. The first-order chi connectivity index (χ1) is 10.1. The molecule has 0 spiro atoms. The number of carbonyl (C=O) groups excluding carboxylic acids is 2. The minimum Gasteiger partial charge on any atom is -0.463 e. The number of esters is 1. The van der Waals surface area contributed by atoms with E-state index in [-0.39, 0.29) is 36.5 Å². The lowest BCUT2D eigenvalue weighted by Gasteiger charge is -2.20. The minimum atomic E-state index is -0.279. The van der Waals surface area contributed by atoms with Crippen LogP contribution in [0.4, 0.5) is 0 Å². The van der Waals surface area contributed by atoms with Crippen LogP contribution in [-0.2, 0) is 14.3 Å². The Labute approximate surface area is 133 Å². The highest BCUT2D eigenvalue weighted by Gasteiger charge is 2.13. The summed E-state index contributed by atoms with van der Waals surface area (Å²) in [7, 11) is 0. The van der Waals surface area contributed by atoms with E-state index >= 15 is 0 Å². The van der Waals surface area contributed by atoms with Crippen LogP contribution in [0.15, 0.2) is 4.99 Å². The number of rotatable bonds is 7. The van der Waals surface area contributed by atoms with Crippen molar-refractivity contribution >= 4 is 17.8 Å². The van der Waals surface area contributed by atoms with Crippen LogP contribution < -0.4 is 16.0 Å². The van der Waals surface area contributed by atoms with Gasteiger partial charge in [-0.25, -0.2) is 4.99 Å². The molecule has 0 aliphatic carbocycles. The van der Waals surface area contributed by atoms with Gasteiger partial charge in [0.15, 0.2) is 5.96 Å². The van der Waals surface area contributed by atoms with Crippen molar-refractivity contribution in [1.82, 2.24) is 16.0 Å². The van der Waals surface area contributed by atoms with Crippen molar-refractivity contribution in [3.8, 4) is 0 Å². The molecule has 7 nitrogen and oxygen atoms in total. The van der Waals surface area contributed by atoms with Gasteiger partial charge in [-0.3, -0.25) is 9.59 Å². The van der Waals surface area contributed by atoms with E-state index < -0.39 is 0 Å². The largest absolute Gasteiger partial charge is 0.463 e. The molecule has 0 rings (SSSR count). The van der Waals surface area contributed by atoms with E-state index in [1.165, 1.54) is 0 Å². The smallest absolute Gasteiger partial charge is 0.307 e. The lowest BCUT2D eigenvalue weighted by Crippen LogP contribution is -2.43. The van der Waals surface area contributed by atoms with Gasteiger partial charge in [-0.1, -0.05) is 0 Å². The van der Waals surface area contributed by atoms with Crippen LogP contribution in [0.1, 0.15) is 48.0 Å². The number of aliphatic imine (C=N–C) groups is 1. The first-order valence-corrected chi connectivity index (χ1v) is 7.66. The Morgan fingerprint density at radius 1 is 1.18 bits per heavy atom. The topological polar surface area (TPSA) is 91.8 Å². The predicted octanol–water partition coefficient (Wildman–Crippen LogP) is 0.798. The van der Waals surface area contributed by atoms with E-state index in [0.717, 1.165) is 0 Å². The molecule has 0 aromatic carbocycles. The second kappa shape index (κ2) is 10.0. The van der Waals surface area contributed by atoms with Crippen molar-refractivity contribution in [1.29, 1.82) is 0 Å². The summed E-state index contributed by atoms with van der Waals surface area (Å²) in [5, 5.41) is 8.86. The molecule has 0 aromatic heterocycles. The molecule has 0 fully saturated rings. The quantitative estimate of drug-likeness (QED) is 0.367. The van der Waals surface area contributed by atoms with Gasteiger partial charge in [-0.2, -0.15) is 0 Å². The van der Waals surface area contributed by atoms with Gasteiger partial charge in [0.2, 0.25) is 5.91 Å². The number of ether oxygens (including phenoxy) is 1. The maximum Gasteiger partial charge on any atom is 0.307 e. The summed E-state index contributed by atoms with van der Waals surface area (Å²) in [6.07, 6.45) is 0.132. The van der Waals surface area contributed by atoms with Crippen LogP contribution in [0.3, 0.4) is 0 Å². The van der Waals surface area contributed by atoms with E-state index in [0.29, 0.717) is 19.0 Å². The second-order valence-electron chi connectivity index (χ2n) is 6.21. The molecule has 0 aliphatic rings. The van der Waals surface area contributed by atoms with Crippen LogP contribution in [0.25, 0.3) is 0 Å². The zero-order valence-corrected chi connectivity index (χ0v) is 14.6. The number of guanidine groups is 1. The van der Waals surface area contributed by atoms with Gasteiger partial charge >= 0.3 is 5.97 Å². The van der Waals surface area contributed by atoms with Crippen LogP contribution in [0.5, 0.6) is 0 Å². The first kappa shape index (κ1) is 20.2. The molecule has 0 bridgehead atoms. The molecular weight excluding hydrogens is 284 g/mol. The number of hydrogen-bond acceptors (Lipinski definition) is 4. The summed E-state index contributed by atoms with van der Waals surface area (Å²) in [6.45, 7) is 12.4. The molecule has 0 saturated heterocycles. The number of carbonyl (C=O) groups is 2. The fraction of sp³-hybridized carbons (Fsp3) is 0.800. The molecule has 0 atom stereocenters. The minimum absolute atomic E-state index is 0.0308. The van der Waals surface area contributed by atoms with Gasteiger partial charge in [0.1, 0.15) is 6.54 Å². The highest BCUT2D eigenvalue weighted by Crippen LogP contribution is 1.97.